The molecule has 2 N–H and O–H groups in total. The van der Waals surface area contributed by atoms with Gasteiger partial charge in [0.05, 0.1) is 6.61 Å². The largest absolute Gasteiger partial charge is 0.494 e. The number of carbonyl (C=O) groups is 2. The number of carbonyl (C=O) groups excluding carboxylic acids is 1. The highest BCUT2D eigenvalue weighted by atomic mass is 16.5. The SMILES string of the molecule is CCCCCCCC/C=C\CCCCCCCCOc1cccc(NCC(=O)OCC(=O)O)c1. The standard InChI is InChI=1S/C28H45NO5/c1-2-3-4-5-6-7-8-9-10-11-12-13-14-15-16-17-21-33-26-20-18-19-25(22-26)29-23-28(32)34-24-27(30)31/h9-10,18-20,22,29H,2-8,11-17,21,23-24H2,1H3,(H,30,31)/b10-9-. The van der Waals surface area contributed by atoms with E-state index in [1.54, 1.807) is 0 Å². The summed E-state index contributed by atoms with van der Waals surface area (Å²) in [5.74, 6) is -1.04. The van der Waals surface area contributed by atoms with Crippen LogP contribution in [0.25, 0.3) is 0 Å². The number of allylic oxidation sites excluding steroid dienone is 2. The third-order valence-electron chi connectivity index (χ3n) is 5.55. The second kappa shape index (κ2) is 21.1. The molecule has 1 aromatic carbocycles. The van der Waals surface area contributed by atoms with E-state index in [1.165, 1.54) is 83.5 Å². The Morgan fingerprint density at radius 2 is 1.50 bits per heavy atom. The normalized spacial score (nSPS) is 11.0. The molecule has 6 heteroatoms. The maximum absolute atomic E-state index is 11.5. The molecule has 0 spiro atoms. The van der Waals surface area contributed by atoms with E-state index in [2.05, 4.69) is 29.1 Å². The Balaban J connectivity index is 1.96. The van der Waals surface area contributed by atoms with Gasteiger partial charge in [-0.3, -0.25) is 4.79 Å². The van der Waals surface area contributed by atoms with Crippen LogP contribution < -0.4 is 10.1 Å². The van der Waals surface area contributed by atoms with Crippen LogP contribution in [-0.4, -0.2) is 36.8 Å². The van der Waals surface area contributed by atoms with Crippen LogP contribution in [0, 0.1) is 0 Å². The van der Waals surface area contributed by atoms with Gasteiger partial charge in [0.15, 0.2) is 6.61 Å². The molecule has 0 aliphatic heterocycles. The summed E-state index contributed by atoms with van der Waals surface area (Å²) in [4.78, 5) is 21.9. The number of benzene rings is 1. The van der Waals surface area contributed by atoms with Crippen molar-refractivity contribution in [2.45, 2.75) is 96.8 Å². The number of ether oxygens (including phenoxy) is 2. The second-order valence-electron chi connectivity index (χ2n) is 8.72. The Kier molecular flexibility index (Phi) is 18.3. The Morgan fingerprint density at radius 1 is 0.882 bits per heavy atom. The van der Waals surface area contributed by atoms with Crippen molar-refractivity contribution >= 4 is 17.6 Å². The van der Waals surface area contributed by atoms with Crippen molar-refractivity contribution < 1.29 is 24.2 Å². The van der Waals surface area contributed by atoms with Crippen molar-refractivity contribution in [2.24, 2.45) is 0 Å². The maximum Gasteiger partial charge on any atom is 0.341 e. The lowest BCUT2D eigenvalue weighted by atomic mass is 10.1. The Morgan fingerprint density at radius 3 is 2.15 bits per heavy atom. The van der Waals surface area contributed by atoms with Crippen molar-refractivity contribution in [3.8, 4) is 5.75 Å². The number of esters is 1. The van der Waals surface area contributed by atoms with E-state index in [-0.39, 0.29) is 6.54 Å². The third-order valence-corrected chi connectivity index (χ3v) is 5.55. The minimum absolute atomic E-state index is 0.0916. The lowest BCUT2D eigenvalue weighted by Gasteiger charge is -2.09. The van der Waals surface area contributed by atoms with E-state index in [0.29, 0.717) is 6.61 Å². The van der Waals surface area contributed by atoms with Crippen LogP contribution in [-0.2, 0) is 14.3 Å². The lowest BCUT2D eigenvalue weighted by molar-refractivity contribution is -0.153. The van der Waals surface area contributed by atoms with Crippen LogP contribution in [0.1, 0.15) is 96.8 Å². The molecule has 0 aromatic heterocycles. The average Bonchev–Trinajstić information content (AvgIpc) is 2.83. The van der Waals surface area contributed by atoms with Gasteiger partial charge in [0.2, 0.25) is 0 Å². The molecular weight excluding hydrogens is 430 g/mol. The summed E-state index contributed by atoms with van der Waals surface area (Å²) >= 11 is 0. The number of aliphatic carboxylic acids is 1. The molecular formula is C28H45NO5. The molecule has 1 aromatic rings. The molecule has 1 rings (SSSR count). The van der Waals surface area contributed by atoms with Crippen LogP contribution in [0.5, 0.6) is 5.75 Å². The highest BCUT2D eigenvalue weighted by Crippen LogP contribution is 2.18. The van der Waals surface area contributed by atoms with Crippen LogP contribution in [0.4, 0.5) is 5.69 Å². The summed E-state index contributed by atoms with van der Waals surface area (Å²) in [5.41, 5.74) is 0.728. The van der Waals surface area contributed by atoms with Crippen molar-refractivity contribution in [2.75, 3.05) is 25.1 Å². The molecule has 0 aliphatic carbocycles. The zero-order valence-corrected chi connectivity index (χ0v) is 21.1. The van der Waals surface area contributed by atoms with Crippen molar-refractivity contribution in [3.05, 3.63) is 36.4 Å². The molecule has 6 nitrogen and oxygen atoms in total. The topological polar surface area (TPSA) is 84.9 Å². The zero-order valence-electron chi connectivity index (χ0n) is 21.1. The van der Waals surface area contributed by atoms with Gasteiger partial charge in [0.25, 0.3) is 0 Å². The Labute approximate surface area is 206 Å². The number of carboxylic acid groups (broad SMARTS) is 1. The van der Waals surface area contributed by atoms with Gasteiger partial charge in [-0.05, 0) is 44.2 Å². The molecule has 192 valence electrons. The fourth-order valence-corrected chi connectivity index (χ4v) is 3.60. The Bertz CT molecular complexity index is 689. The summed E-state index contributed by atoms with van der Waals surface area (Å²) in [6, 6.07) is 7.38. The fraction of sp³-hybridized carbons (Fsp3) is 0.643. The van der Waals surface area contributed by atoms with E-state index in [9.17, 15) is 9.59 Å². The molecule has 0 heterocycles. The third kappa shape index (κ3) is 18.0. The van der Waals surface area contributed by atoms with Gasteiger partial charge in [-0.15, -0.1) is 0 Å². The van der Waals surface area contributed by atoms with Gasteiger partial charge in [-0.1, -0.05) is 82.9 Å². The van der Waals surface area contributed by atoms with Gasteiger partial charge >= 0.3 is 11.9 Å². The number of carboxylic acids is 1. The number of unbranched alkanes of at least 4 members (excludes halogenated alkanes) is 12. The van der Waals surface area contributed by atoms with Gasteiger partial charge in [-0.25, -0.2) is 4.79 Å². The summed E-state index contributed by atoms with van der Waals surface area (Å²) in [6.45, 7) is 2.22. The van der Waals surface area contributed by atoms with Crippen molar-refractivity contribution in [1.82, 2.24) is 0 Å². The summed E-state index contributed by atoms with van der Waals surface area (Å²) in [5, 5.41) is 11.4. The molecule has 0 atom stereocenters. The summed E-state index contributed by atoms with van der Waals surface area (Å²) in [6.07, 6.45) is 22.7. The first-order chi connectivity index (χ1) is 16.6. The molecule has 0 radical (unpaired) electrons. The molecule has 0 amide bonds. The first-order valence-corrected chi connectivity index (χ1v) is 13.1. The van der Waals surface area contributed by atoms with E-state index >= 15 is 0 Å². The molecule has 0 fully saturated rings. The van der Waals surface area contributed by atoms with Crippen LogP contribution >= 0.6 is 0 Å². The molecule has 0 saturated carbocycles. The maximum atomic E-state index is 11.5. The number of hydrogen-bond acceptors (Lipinski definition) is 5. The predicted octanol–water partition coefficient (Wildman–Crippen LogP) is 7.14. The lowest BCUT2D eigenvalue weighted by Crippen LogP contribution is -2.20. The first-order valence-electron chi connectivity index (χ1n) is 13.1. The van der Waals surface area contributed by atoms with E-state index in [1.807, 2.05) is 24.3 Å². The van der Waals surface area contributed by atoms with Crippen molar-refractivity contribution in [3.63, 3.8) is 0 Å². The molecule has 0 bridgehead atoms. The predicted molar refractivity (Wildman–Crippen MR) is 138 cm³/mol. The smallest absolute Gasteiger partial charge is 0.341 e. The number of rotatable bonds is 22. The quantitative estimate of drug-likeness (QED) is 0.105. The monoisotopic (exact) mass is 475 g/mol. The number of nitrogens with one attached hydrogen (secondary N) is 1. The Hall–Kier alpha value is -2.50. The van der Waals surface area contributed by atoms with E-state index < -0.39 is 18.5 Å². The highest BCUT2D eigenvalue weighted by Gasteiger charge is 2.06. The molecule has 0 unspecified atom stereocenters. The summed E-state index contributed by atoms with van der Waals surface area (Å²) in [7, 11) is 0. The van der Waals surface area contributed by atoms with Gasteiger partial charge < -0.3 is 19.9 Å². The summed E-state index contributed by atoms with van der Waals surface area (Å²) < 4.78 is 10.4. The van der Waals surface area contributed by atoms with Crippen LogP contribution in [0.2, 0.25) is 0 Å². The van der Waals surface area contributed by atoms with Crippen LogP contribution in [0.15, 0.2) is 36.4 Å². The molecule has 0 aliphatic rings. The minimum atomic E-state index is -1.17. The number of anilines is 1. The van der Waals surface area contributed by atoms with Gasteiger partial charge in [-0.2, -0.15) is 0 Å². The van der Waals surface area contributed by atoms with Crippen molar-refractivity contribution in [1.29, 1.82) is 0 Å². The first kappa shape index (κ1) is 29.5. The molecule has 34 heavy (non-hydrogen) atoms. The minimum Gasteiger partial charge on any atom is -0.494 e. The van der Waals surface area contributed by atoms with E-state index in [0.717, 1.165) is 17.9 Å². The van der Waals surface area contributed by atoms with Gasteiger partial charge in [0.1, 0.15) is 12.3 Å². The average molecular weight is 476 g/mol. The highest BCUT2D eigenvalue weighted by molar-refractivity contribution is 5.78. The zero-order chi connectivity index (χ0) is 24.7. The van der Waals surface area contributed by atoms with Gasteiger partial charge in [0, 0.05) is 11.8 Å². The molecule has 0 saturated heterocycles. The van der Waals surface area contributed by atoms with Crippen LogP contribution in [0.3, 0.4) is 0 Å². The second-order valence-corrected chi connectivity index (χ2v) is 8.72. The fourth-order valence-electron chi connectivity index (χ4n) is 3.60. The van der Waals surface area contributed by atoms with E-state index in [4.69, 9.17) is 9.84 Å². The number of hydrogen-bond donors (Lipinski definition) is 2.